The van der Waals surface area contributed by atoms with Crippen LogP contribution in [0.5, 0.6) is 0 Å². The number of nitrogens with zero attached hydrogens (tertiary/aromatic N) is 1. The maximum absolute atomic E-state index is 12.3. The Hall–Kier alpha value is -3.55. The van der Waals surface area contributed by atoms with E-state index in [-0.39, 0.29) is 12.0 Å². The van der Waals surface area contributed by atoms with Gasteiger partial charge in [0, 0.05) is 30.9 Å². The van der Waals surface area contributed by atoms with Crippen LogP contribution in [0.4, 0.5) is 16.2 Å². The molecule has 8 nitrogen and oxygen atoms in total. The van der Waals surface area contributed by atoms with Gasteiger partial charge in [0.15, 0.2) is 5.58 Å². The topological polar surface area (TPSA) is 105 Å². The lowest BCUT2D eigenvalue weighted by Gasteiger charge is -2.13. The number of fused-ring (bicyclic) bond motifs is 1. The van der Waals surface area contributed by atoms with Crippen LogP contribution in [0, 0.1) is 0 Å². The predicted octanol–water partition coefficient (Wildman–Crippen LogP) is 5.56. The van der Waals surface area contributed by atoms with Crippen LogP contribution in [0.1, 0.15) is 46.0 Å². The minimum Gasteiger partial charge on any atom is -0.466 e. The number of aromatic nitrogens is 1. The van der Waals surface area contributed by atoms with Crippen LogP contribution in [-0.4, -0.2) is 36.7 Å². The second-order valence-electron chi connectivity index (χ2n) is 7.67. The van der Waals surface area contributed by atoms with Crippen molar-refractivity contribution in [2.24, 2.45) is 0 Å². The number of amides is 2. The molecule has 0 radical (unpaired) electrons. The Morgan fingerprint density at radius 2 is 1.88 bits per heavy atom. The van der Waals surface area contributed by atoms with Gasteiger partial charge in [-0.1, -0.05) is 25.5 Å². The molecule has 0 aliphatic carbocycles. The molecule has 2 aromatic carbocycles. The Balaban J connectivity index is 1.58. The van der Waals surface area contributed by atoms with Gasteiger partial charge in [-0.2, -0.15) is 0 Å². The van der Waals surface area contributed by atoms with E-state index < -0.39 is 0 Å². The molecular weight excluding hydrogens is 420 g/mol. The van der Waals surface area contributed by atoms with Crippen molar-refractivity contribution in [1.82, 2.24) is 10.3 Å². The number of benzene rings is 2. The molecule has 0 aliphatic rings. The van der Waals surface area contributed by atoms with E-state index >= 15 is 0 Å². The van der Waals surface area contributed by atoms with E-state index in [0.717, 1.165) is 49.0 Å². The van der Waals surface area contributed by atoms with E-state index in [1.807, 2.05) is 42.5 Å². The molecule has 3 aromatic rings. The maximum atomic E-state index is 12.3. The average molecular weight is 453 g/mol. The fraction of sp³-hybridized carbons (Fsp3) is 0.400. The van der Waals surface area contributed by atoms with Gasteiger partial charge in [-0.15, -0.1) is 0 Å². The van der Waals surface area contributed by atoms with Gasteiger partial charge in [-0.3, -0.25) is 4.79 Å². The van der Waals surface area contributed by atoms with Crippen molar-refractivity contribution in [3.8, 4) is 11.5 Å². The Bertz CT molecular complexity index is 1030. The molecule has 176 valence electrons. The average Bonchev–Trinajstić information content (AvgIpc) is 3.25. The first kappa shape index (κ1) is 24.1. The molecule has 0 aliphatic heterocycles. The number of oxazole rings is 1. The quantitative estimate of drug-likeness (QED) is 0.245. The second-order valence-corrected chi connectivity index (χ2v) is 7.67. The summed E-state index contributed by atoms with van der Waals surface area (Å²) < 4.78 is 10.9. The van der Waals surface area contributed by atoms with Gasteiger partial charge >= 0.3 is 12.0 Å². The molecule has 8 heteroatoms. The third kappa shape index (κ3) is 7.24. The van der Waals surface area contributed by atoms with Crippen molar-refractivity contribution < 1.29 is 18.7 Å². The highest BCUT2D eigenvalue weighted by Crippen LogP contribution is 2.32. The summed E-state index contributed by atoms with van der Waals surface area (Å²) in [6.07, 6.45) is 3.79. The first-order valence-electron chi connectivity index (χ1n) is 11.5. The lowest BCUT2D eigenvalue weighted by Crippen LogP contribution is -2.29. The minimum atomic E-state index is -0.279. The molecule has 0 fully saturated rings. The first-order chi connectivity index (χ1) is 16.1. The van der Waals surface area contributed by atoms with E-state index in [1.54, 1.807) is 6.92 Å². The highest BCUT2D eigenvalue weighted by molar-refractivity contribution is 5.91. The number of anilines is 2. The molecule has 0 unspecified atom stereocenters. The third-order valence-corrected chi connectivity index (χ3v) is 5.02. The van der Waals surface area contributed by atoms with Crippen molar-refractivity contribution in [2.75, 3.05) is 30.3 Å². The van der Waals surface area contributed by atoms with Crippen molar-refractivity contribution in [2.45, 2.75) is 46.0 Å². The summed E-state index contributed by atoms with van der Waals surface area (Å²) in [5.41, 5.74) is 3.84. The molecule has 0 spiro atoms. The second kappa shape index (κ2) is 12.5. The number of rotatable bonds is 12. The highest BCUT2D eigenvalue weighted by atomic mass is 16.5. The number of ether oxygens (including phenoxy) is 1. The zero-order valence-electron chi connectivity index (χ0n) is 19.3. The molecule has 1 aromatic heterocycles. The summed E-state index contributed by atoms with van der Waals surface area (Å²) in [5.74, 6) is 0.329. The van der Waals surface area contributed by atoms with E-state index in [9.17, 15) is 9.59 Å². The van der Waals surface area contributed by atoms with E-state index in [1.165, 1.54) is 0 Å². The van der Waals surface area contributed by atoms with Crippen LogP contribution < -0.4 is 16.0 Å². The molecule has 0 saturated heterocycles. The normalized spacial score (nSPS) is 10.7. The van der Waals surface area contributed by atoms with Crippen LogP contribution in [-0.2, 0) is 9.53 Å². The number of unbranched alkanes of at least 4 members (excludes halogenated alkanes) is 2. The van der Waals surface area contributed by atoms with Crippen molar-refractivity contribution in [3.63, 3.8) is 0 Å². The number of carbonyl (C=O) groups excluding carboxylic acids is 2. The van der Waals surface area contributed by atoms with Gasteiger partial charge in [0.1, 0.15) is 5.52 Å². The van der Waals surface area contributed by atoms with Crippen LogP contribution in [0.25, 0.3) is 22.6 Å². The van der Waals surface area contributed by atoms with Gasteiger partial charge < -0.3 is 25.1 Å². The maximum Gasteiger partial charge on any atom is 0.319 e. The fourth-order valence-electron chi connectivity index (χ4n) is 3.38. The van der Waals surface area contributed by atoms with Crippen LogP contribution in [0.15, 0.2) is 46.9 Å². The summed E-state index contributed by atoms with van der Waals surface area (Å²) in [5, 5.41) is 9.12. The first-order valence-corrected chi connectivity index (χ1v) is 11.5. The standard InChI is InChI=1S/C25H32N4O4/c1-3-15-26-20-14-13-18(17-19(20)24-29-21-10-7-8-11-22(21)33-24)28-25(31)27-16-9-5-6-12-23(30)32-4-2/h7-8,10-11,13-14,17,26H,3-6,9,12,15-16H2,1-2H3,(H2,27,28,31). The van der Waals surface area contributed by atoms with Gasteiger partial charge in [0.2, 0.25) is 5.89 Å². The van der Waals surface area contributed by atoms with Crippen molar-refractivity contribution >= 4 is 34.5 Å². The number of esters is 1. The van der Waals surface area contributed by atoms with Gasteiger partial charge in [0.05, 0.1) is 12.2 Å². The Morgan fingerprint density at radius 1 is 1.03 bits per heavy atom. The lowest BCUT2D eigenvalue weighted by atomic mass is 10.1. The molecular formula is C25H32N4O4. The molecule has 2 amide bonds. The summed E-state index contributed by atoms with van der Waals surface area (Å²) in [4.78, 5) is 28.3. The monoisotopic (exact) mass is 452 g/mol. The van der Waals surface area contributed by atoms with E-state index in [2.05, 4.69) is 27.9 Å². The van der Waals surface area contributed by atoms with E-state index in [0.29, 0.717) is 36.7 Å². The summed E-state index contributed by atoms with van der Waals surface area (Å²) >= 11 is 0. The smallest absolute Gasteiger partial charge is 0.319 e. The Kier molecular flexibility index (Phi) is 9.11. The fourth-order valence-corrected chi connectivity index (χ4v) is 3.38. The van der Waals surface area contributed by atoms with Gasteiger partial charge in [-0.25, -0.2) is 9.78 Å². The lowest BCUT2D eigenvalue weighted by molar-refractivity contribution is -0.143. The molecule has 0 bridgehead atoms. The molecule has 33 heavy (non-hydrogen) atoms. The highest BCUT2D eigenvalue weighted by Gasteiger charge is 2.14. The summed E-state index contributed by atoms with van der Waals surface area (Å²) in [6.45, 7) is 5.65. The van der Waals surface area contributed by atoms with E-state index in [4.69, 9.17) is 9.15 Å². The Morgan fingerprint density at radius 3 is 2.67 bits per heavy atom. The van der Waals surface area contributed by atoms with Crippen LogP contribution in [0.3, 0.4) is 0 Å². The third-order valence-electron chi connectivity index (χ3n) is 5.02. The van der Waals surface area contributed by atoms with Crippen LogP contribution >= 0.6 is 0 Å². The summed E-state index contributed by atoms with van der Waals surface area (Å²) in [7, 11) is 0. The largest absolute Gasteiger partial charge is 0.466 e. The van der Waals surface area contributed by atoms with Gasteiger partial charge in [-0.05, 0) is 56.5 Å². The zero-order chi connectivity index (χ0) is 23.5. The molecule has 3 rings (SSSR count). The number of nitrogens with one attached hydrogen (secondary N) is 3. The molecule has 1 heterocycles. The Labute approximate surface area is 194 Å². The number of carbonyl (C=O) groups is 2. The van der Waals surface area contributed by atoms with Crippen LogP contribution in [0.2, 0.25) is 0 Å². The van der Waals surface area contributed by atoms with Crippen molar-refractivity contribution in [3.05, 3.63) is 42.5 Å². The number of para-hydroxylation sites is 2. The van der Waals surface area contributed by atoms with Crippen molar-refractivity contribution in [1.29, 1.82) is 0 Å². The zero-order valence-corrected chi connectivity index (χ0v) is 19.3. The number of hydrogen-bond donors (Lipinski definition) is 3. The molecule has 3 N–H and O–H groups in total. The number of hydrogen-bond acceptors (Lipinski definition) is 6. The SMILES string of the molecule is CCCNc1ccc(NC(=O)NCCCCCC(=O)OCC)cc1-c1nc2ccccc2o1. The molecule has 0 atom stereocenters. The molecule has 0 saturated carbocycles. The summed E-state index contributed by atoms with van der Waals surface area (Å²) in [6, 6.07) is 13.0. The number of urea groups is 1. The minimum absolute atomic E-state index is 0.171. The van der Waals surface area contributed by atoms with Gasteiger partial charge in [0.25, 0.3) is 0 Å². The predicted molar refractivity (Wildman–Crippen MR) is 130 cm³/mol.